The van der Waals surface area contributed by atoms with E-state index in [9.17, 15) is 19.7 Å². The van der Waals surface area contributed by atoms with Crippen LogP contribution in [-0.2, 0) is 4.79 Å². The van der Waals surface area contributed by atoms with Crippen LogP contribution in [0, 0.1) is 17.0 Å². The smallest absolute Gasteiger partial charge is 0.270 e. The van der Waals surface area contributed by atoms with Gasteiger partial charge in [0.05, 0.1) is 4.92 Å². The van der Waals surface area contributed by atoms with Gasteiger partial charge in [-0.3, -0.25) is 35.9 Å². The summed E-state index contributed by atoms with van der Waals surface area (Å²) >= 11 is 4.92. The molecule has 0 aromatic heterocycles. The first-order valence-electron chi connectivity index (χ1n) is 7.75. The Balaban J connectivity index is 1.83. The average Bonchev–Trinajstić information content (AvgIpc) is 2.65. The van der Waals surface area contributed by atoms with Crippen molar-refractivity contribution in [1.82, 2.24) is 16.2 Å². The fourth-order valence-corrected chi connectivity index (χ4v) is 2.14. The Labute approximate surface area is 160 Å². The standard InChI is InChI=1S/C18H16N4O4S/c1-12-5-8-14(9-6-12)17(24)20-21-18(27)19-16(23)10-7-13-3-2-4-15(11-13)22(25)26/h2-11H,1H3,(H,20,24)(H2,19,21,23,27)/b10-7+. The van der Waals surface area contributed by atoms with Gasteiger partial charge in [-0.25, -0.2) is 0 Å². The molecule has 0 aliphatic carbocycles. The van der Waals surface area contributed by atoms with E-state index in [1.807, 2.05) is 6.92 Å². The summed E-state index contributed by atoms with van der Waals surface area (Å²) in [6.45, 7) is 1.91. The topological polar surface area (TPSA) is 113 Å². The lowest BCUT2D eigenvalue weighted by atomic mass is 10.1. The zero-order valence-electron chi connectivity index (χ0n) is 14.3. The van der Waals surface area contributed by atoms with Gasteiger partial charge in [0.1, 0.15) is 0 Å². The molecule has 0 radical (unpaired) electrons. The quantitative estimate of drug-likeness (QED) is 0.322. The number of hydrazine groups is 1. The lowest BCUT2D eigenvalue weighted by Gasteiger charge is -2.09. The van der Waals surface area contributed by atoms with Crippen molar-refractivity contribution in [2.24, 2.45) is 0 Å². The van der Waals surface area contributed by atoms with Gasteiger partial charge < -0.3 is 0 Å². The van der Waals surface area contributed by atoms with E-state index in [1.165, 1.54) is 30.4 Å². The van der Waals surface area contributed by atoms with E-state index in [-0.39, 0.29) is 10.8 Å². The molecule has 0 saturated heterocycles. The number of carbonyl (C=O) groups is 2. The van der Waals surface area contributed by atoms with Crippen molar-refractivity contribution in [3.63, 3.8) is 0 Å². The Morgan fingerprint density at radius 3 is 2.48 bits per heavy atom. The molecule has 0 aliphatic rings. The largest absolute Gasteiger partial charge is 0.298 e. The van der Waals surface area contributed by atoms with Gasteiger partial charge in [-0.15, -0.1) is 0 Å². The first kappa shape index (κ1) is 19.7. The van der Waals surface area contributed by atoms with Crippen molar-refractivity contribution >= 4 is 40.9 Å². The average molecular weight is 384 g/mol. The van der Waals surface area contributed by atoms with Crippen LogP contribution in [0.3, 0.4) is 0 Å². The molecule has 27 heavy (non-hydrogen) atoms. The number of rotatable bonds is 4. The van der Waals surface area contributed by atoms with E-state index < -0.39 is 16.7 Å². The van der Waals surface area contributed by atoms with Crippen molar-refractivity contribution in [3.8, 4) is 0 Å². The van der Waals surface area contributed by atoms with E-state index in [0.29, 0.717) is 11.1 Å². The van der Waals surface area contributed by atoms with Crippen LogP contribution in [0.4, 0.5) is 5.69 Å². The normalized spacial score (nSPS) is 10.3. The zero-order chi connectivity index (χ0) is 19.8. The molecule has 0 saturated carbocycles. The summed E-state index contributed by atoms with van der Waals surface area (Å²) in [4.78, 5) is 34.0. The molecule has 0 aliphatic heterocycles. The van der Waals surface area contributed by atoms with E-state index >= 15 is 0 Å². The van der Waals surface area contributed by atoms with Gasteiger partial charge in [0.2, 0.25) is 5.91 Å². The zero-order valence-corrected chi connectivity index (χ0v) is 15.1. The molecular weight excluding hydrogens is 368 g/mol. The number of nitro groups is 1. The minimum atomic E-state index is -0.552. The van der Waals surface area contributed by atoms with Crippen LogP contribution in [0.5, 0.6) is 0 Å². The van der Waals surface area contributed by atoms with Crippen molar-refractivity contribution in [2.75, 3.05) is 0 Å². The van der Waals surface area contributed by atoms with Crippen molar-refractivity contribution < 1.29 is 14.5 Å². The summed E-state index contributed by atoms with van der Waals surface area (Å²) in [5, 5.41) is 13.0. The summed E-state index contributed by atoms with van der Waals surface area (Å²) in [5.74, 6) is -0.956. The van der Waals surface area contributed by atoms with Crippen LogP contribution in [0.15, 0.2) is 54.6 Å². The third-order valence-electron chi connectivity index (χ3n) is 3.35. The molecule has 9 heteroatoms. The van der Waals surface area contributed by atoms with Gasteiger partial charge in [-0.05, 0) is 42.9 Å². The molecule has 0 heterocycles. The second kappa shape index (κ2) is 9.20. The third-order valence-corrected chi connectivity index (χ3v) is 3.55. The molecule has 2 amide bonds. The highest BCUT2D eigenvalue weighted by atomic mass is 32.1. The number of hydrogen-bond acceptors (Lipinski definition) is 5. The van der Waals surface area contributed by atoms with Crippen LogP contribution >= 0.6 is 12.2 Å². The van der Waals surface area contributed by atoms with Crippen LogP contribution in [-0.4, -0.2) is 21.9 Å². The molecule has 2 aromatic rings. The number of nitrogens with zero attached hydrogens (tertiary/aromatic N) is 1. The molecule has 0 unspecified atom stereocenters. The second-order valence-corrected chi connectivity index (χ2v) is 5.86. The third kappa shape index (κ3) is 6.33. The van der Waals surface area contributed by atoms with E-state index in [2.05, 4.69) is 16.2 Å². The minimum absolute atomic E-state index is 0.0754. The van der Waals surface area contributed by atoms with Crippen LogP contribution in [0.1, 0.15) is 21.5 Å². The highest BCUT2D eigenvalue weighted by Crippen LogP contribution is 2.13. The number of amides is 2. The summed E-state index contributed by atoms with van der Waals surface area (Å²) in [5.41, 5.74) is 6.68. The van der Waals surface area contributed by atoms with Crippen molar-refractivity contribution in [2.45, 2.75) is 6.92 Å². The minimum Gasteiger partial charge on any atom is -0.298 e. The van der Waals surface area contributed by atoms with Gasteiger partial charge in [-0.1, -0.05) is 29.8 Å². The number of nitro benzene ring substituents is 1. The number of aryl methyl sites for hydroxylation is 1. The molecule has 0 atom stereocenters. The highest BCUT2D eigenvalue weighted by molar-refractivity contribution is 7.80. The van der Waals surface area contributed by atoms with Gasteiger partial charge in [0.25, 0.3) is 11.6 Å². The Morgan fingerprint density at radius 2 is 1.81 bits per heavy atom. The fourth-order valence-electron chi connectivity index (χ4n) is 1.99. The summed E-state index contributed by atoms with van der Waals surface area (Å²) < 4.78 is 0. The van der Waals surface area contributed by atoms with Gasteiger partial charge in [-0.2, -0.15) is 0 Å². The maximum absolute atomic E-state index is 11.9. The van der Waals surface area contributed by atoms with Crippen molar-refractivity contribution in [1.29, 1.82) is 0 Å². The SMILES string of the molecule is Cc1ccc(C(=O)NNC(=S)NC(=O)/C=C/c2cccc([N+](=O)[O-])c2)cc1. The second-order valence-electron chi connectivity index (χ2n) is 5.45. The van der Waals surface area contributed by atoms with Crippen LogP contribution in [0.2, 0.25) is 0 Å². The van der Waals surface area contributed by atoms with Gasteiger partial charge >= 0.3 is 0 Å². The van der Waals surface area contributed by atoms with Crippen LogP contribution in [0.25, 0.3) is 6.08 Å². The van der Waals surface area contributed by atoms with Gasteiger partial charge in [0.15, 0.2) is 5.11 Å². The highest BCUT2D eigenvalue weighted by Gasteiger charge is 2.07. The molecule has 2 rings (SSSR count). The van der Waals surface area contributed by atoms with E-state index in [4.69, 9.17) is 12.2 Å². The number of carbonyl (C=O) groups excluding carboxylic acids is 2. The number of nitrogens with one attached hydrogen (secondary N) is 3. The fraction of sp³-hybridized carbons (Fsp3) is 0.0556. The molecule has 2 aromatic carbocycles. The molecule has 0 bridgehead atoms. The van der Waals surface area contributed by atoms with E-state index in [1.54, 1.807) is 30.3 Å². The maximum atomic E-state index is 11.9. The van der Waals surface area contributed by atoms with Gasteiger partial charge in [0, 0.05) is 23.8 Å². The predicted molar refractivity (Wildman–Crippen MR) is 105 cm³/mol. The lowest BCUT2D eigenvalue weighted by molar-refractivity contribution is -0.384. The number of thiocarbonyl (C=S) groups is 1. The Morgan fingerprint density at radius 1 is 1.11 bits per heavy atom. The Hall–Kier alpha value is -3.59. The Bertz CT molecular complexity index is 910. The number of hydrogen-bond donors (Lipinski definition) is 3. The van der Waals surface area contributed by atoms with Crippen LogP contribution < -0.4 is 16.2 Å². The molecule has 3 N–H and O–H groups in total. The maximum Gasteiger partial charge on any atom is 0.270 e. The molecule has 0 fully saturated rings. The lowest BCUT2D eigenvalue weighted by Crippen LogP contribution is -2.48. The Kier molecular flexibility index (Phi) is 6.73. The number of non-ortho nitro benzene ring substituents is 1. The number of benzene rings is 2. The first-order valence-corrected chi connectivity index (χ1v) is 8.16. The summed E-state index contributed by atoms with van der Waals surface area (Å²) in [6, 6.07) is 12.7. The van der Waals surface area contributed by atoms with E-state index in [0.717, 1.165) is 5.56 Å². The molecule has 0 spiro atoms. The molecule has 8 nitrogen and oxygen atoms in total. The summed E-state index contributed by atoms with van der Waals surface area (Å²) in [6.07, 6.45) is 2.59. The summed E-state index contributed by atoms with van der Waals surface area (Å²) in [7, 11) is 0. The molecular formula is C18H16N4O4S. The predicted octanol–water partition coefficient (Wildman–Crippen LogP) is 2.25. The van der Waals surface area contributed by atoms with Crippen molar-refractivity contribution in [3.05, 3.63) is 81.4 Å². The molecule has 138 valence electrons. The monoisotopic (exact) mass is 384 g/mol. The first-order chi connectivity index (χ1) is 12.8.